The zero-order valence-corrected chi connectivity index (χ0v) is 19.2. The Bertz CT molecular complexity index is 1560. The van der Waals surface area contributed by atoms with E-state index in [1.165, 1.54) is 6.07 Å². The van der Waals surface area contributed by atoms with E-state index in [1.807, 2.05) is 16.5 Å². The van der Waals surface area contributed by atoms with Gasteiger partial charge >= 0.3 is 0 Å². The summed E-state index contributed by atoms with van der Waals surface area (Å²) in [5, 5.41) is 0. The van der Waals surface area contributed by atoms with Gasteiger partial charge in [-0.25, -0.2) is 9.37 Å². The van der Waals surface area contributed by atoms with E-state index >= 15 is 0 Å². The van der Waals surface area contributed by atoms with Gasteiger partial charge in [0, 0.05) is 43.3 Å². The van der Waals surface area contributed by atoms with E-state index in [0.29, 0.717) is 47.8 Å². The second-order valence-corrected chi connectivity index (χ2v) is 9.95. The molecule has 0 spiro atoms. The molecule has 2 aliphatic heterocycles. The van der Waals surface area contributed by atoms with Crippen LogP contribution in [0.3, 0.4) is 0 Å². The van der Waals surface area contributed by atoms with Crippen LogP contribution < -0.4 is 5.56 Å². The Morgan fingerprint density at radius 1 is 1.06 bits per heavy atom. The number of amides is 1. The minimum atomic E-state index is -0.272. The molecule has 0 unspecified atom stereocenters. The monoisotopic (exact) mass is 472 g/mol. The first-order valence-electron chi connectivity index (χ1n) is 12.3. The van der Waals surface area contributed by atoms with Crippen molar-refractivity contribution in [2.24, 2.45) is 0 Å². The number of aromatic nitrogens is 3. The lowest BCUT2D eigenvalue weighted by Gasteiger charge is -2.22. The van der Waals surface area contributed by atoms with Gasteiger partial charge in [0.1, 0.15) is 17.2 Å². The Morgan fingerprint density at radius 2 is 1.89 bits per heavy atom. The Kier molecular flexibility index (Phi) is 4.61. The van der Waals surface area contributed by atoms with Crippen molar-refractivity contribution in [3.63, 3.8) is 0 Å². The summed E-state index contributed by atoms with van der Waals surface area (Å²) in [5.74, 6) is 1.02. The molecule has 2 aromatic heterocycles. The molecule has 8 heteroatoms. The van der Waals surface area contributed by atoms with Crippen LogP contribution >= 0.6 is 0 Å². The third-order valence-electron chi connectivity index (χ3n) is 7.73. The van der Waals surface area contributed by atoms with Gasteiger partial charge in [0.05, 0.1) is 17.2 Å². The van der Waals surface area contributed by atoms with Crippen molar-refractivity contribution in [3.05, 3.63) is 80.8 Å². The molecule has 1 amide bonds. The molecule has 0 atom stereocenters. The van der Waals surface area contributed by atoms with Crippen molar-refractivity contribution in [2.45, 2.75) is 50.6 Å². The predicted molar refractivity (Wildman–Crippen MR) is 128 cm³/mol. The van der Waals surface area contributed by atoms with Crippen LogP contribution in [0, 0.1) is 5.82 Å². The molecule has 1 aliphatic carbocycles. The Labute approximate surface area is 200 Å². The molecule has 1 saturated heterocycles. The highest BCUT2D eigenvalue weighted by molar-refractivity contribution is 6.00. The summed E-state index contributed by atoms with van der Waals surface area (Å²) in [6.45, 7) is 2.02. The van der Waals surface area contributed by atoms with Crippen molar-refractivity contribution in [1.29, 1.82) is 0 Å². The van der Waals surface area contributed by atoms with Gasteiger partial charge in [-0.15, -0.1) is 0 Å². The molecule has 2 aromatic carbocycles. The maximum absolute atomic E-state index is 14.3. The number of hydrogen-bond donors (Lipinski definition) is 1. The van der Waals surface area contributed by atoms with E-state index in [-0.39, 0.29) is 29.7 Å². The first-order valence-corrected chi connectivity index (χ1v) is 12.3. The number of halogens is 1. The number of fused-ring (bicyclic) bond motifs is 4. The first kappa shape index (κ1) is 20.8. The van der Waals surface area contributed by atoms with Crippen LogP contribution in [0.25, 0.3) is 16.6 Å². The van der Waals surface area contributed by atoms with Gasteiger partial charge in [-0.1, -0.05) is 12.1 Å². The van der Waals surface area contributed by atoms with Crippen molar-refractivity contribution in [2.75, 3.05) is 13.2 Å². The van der Waals surface area contributed by atoms with E-state index in [9.17, 15) is 14.0 Å². The first-order chi connectivity index (χ1) is 17.1. The fourth-order valence-corrected chi connectivity index (χ4v) is 5.71. The highest BCUT2D eigenvalue weighted by Crippen LogP contribution is 2.43. The van der Waals surface area contributed by atoms with Gasteiger partial charge in [-0.2, -0.15) is 0 Å². The fraction of sp³-hybridized carbons (Fsp3) is 0.370. The maximum Gasteiger partial charge on any atom is 0.274 e. The standard InChI is InChI=1S/C27H25FN4O3/c28-21-3-1-2-17-13-31(14-20(17)21)27(34)19-10-22-23(11-18(19)15-4-5-15)32-24(26(33)30-22)12-29-25(32)16-6-8-35-9-7-16/h1-3,10-12,15-16H,4-9,13-14H2,(H,30,33). The van der Waals surface area contributed by atoms with Crippen LogP contribution in [-0.4, -0.2) is 38.4 Å². The third kappa shape index (κ3) is 3.31. The summed E-state index contributed by atoms with van der Waals surface area (Å²) in [6.07, 6.45) is 5.44. The molecule has 7 nitrogen and oxygen atoms in total. The van der Waals surface area contributed by atoms with E-state index in [1.54, 1.807) is 17.2 Å². The number of nitrogens with zero attached hydrogens (tertiary/aromatic N) is 3. The fourth-order valence-electron chi connectivity index (χ4n) is 5.71. The van der Waals surface area contributed by atoms with Crippen molar-refractivity contribution in [3.8, 4) is 0 Å². The number of aromatic amines is 1. The van der Waals surface area contributed by atoms with Crippen LogP contribution in [0.2, 0.25) is 0 Å². The van der Waals surface area contributed by atoms with Crippen molar-refractivity contribution in [1.82, 2.24) is 19.3 Å². The molecule has 0 bridgehead atoms. The predicted octanol–water partition coefficient (Wildman–Crippen LogP) is 4.24. The SMILES string of the molecule is O=C(c1cc2[nH]c(=O)c3cnc(C4CCOCC4)n3c2cc1C1CC1)N1Cc2cccc(F)c2C1. The molecular formula is C27H25FN4O3. The Morgan fingerprint density at radius 3 is 2.66 bits per heavy atom. The number of nitrogens with one attached hydrogen (secondary N) is 1. The molecule has 4 heterocycles. The summed E-state index contributed by atoms with van der Waals surface area (Å²) < 4.78 is 21.8. The van der Waals surface area contributed by atoms with Gasteiger partial charge in [0.2, 0.25) is 0 Å². The number of carbonyl (C=O) groups is 1. The van der Waals surface area contributed by atoms with E-state index in [4.69, 9.17) is 4.74 Å². The zero-order chi connectivity index (χ0) is 23.7. The lowest BCUT2D eigenvalue weighted by Crippen LogP contribution is -2.26. The summed E-state index contributed by atoms with van der Waals surface area (Å²) in [6, 6.07) is 8.89. The number of imidazole rings is 1. The van der Waals surface area contributed by atoms with Crippen LogP contribution in [0.1, 0.15) is 70.4 Å². The molecule has 178 valence electrons. The minimum absolute atomic E-state index is 0.124. The van der Waals surface area contributed by atoms with Crippen molar-refractivity contribution >= 4 is 22.5 Å². The third-order valence-corrected chi connectivity index (χ3v) is 7.73. The highest BCUT2D eigenvalue weighted by atomic mass is 19.1. The number of hydrogen-bond acceptors (Lipinski definition) is 4. The van der Waals surface area contributed by atoms with E-state index < -0.39 is 0 Å². The van der Waals surface area contributed by atoms with Crippen LogP contribution in [-0.2, 0) is 17.8 Å². The second kappa shape index (κ2) is 7.75. The van der Waals surface area contributed by atoms with Gasteiger partial charge < -0.3 is 14.6 Å². The quantitative estimate of drug-likeness (QED) is 0.484. The van der Waals surface area contributed by atoms with E-state index in [2.05, 4.69) is 16.0 Å². The minimum Gasteiger partial charge on any atom is -0.381 e. The summed E-state index contributed by atoms with van der Waals surface area (Å²) >= 11 is 0. The van der Waals surface area contributed by atoms with Gasteiger partial charge in [0.25, 0.3) is 11.5 Å². The molecule has 4 aromatic rings. The number of rotatable bonds is 3. The Balaban J connectivity index is 1.37. The average molecular weight is 473 g/mol. The molecular weight excluding hydrogens is 447 g/mol. The van der Waals surface area contributed by atoms with E-state index in [0.717, 1.165) is 48.2 Å². The largest absolute Gasteiger partial charge is 0.381 e. The number of benzene rings is 2. The van der Waals surface area contributed by atoms with Gasteiger partial charge in [0.15, 0.2) is 0 Å². The molecule has 1 saturated carbocycles. The molecule has 1 N–H and O–H groups in total. The van der Waals surface area contributed by atoms with Crippen molar-refractivity contribution < 1.29 is 13.9 Å². The maximum atomic E-state index is 14.3. The molecule has 3 aliphatic rings. The van der Waals surface area contributed by atoms with Gasteiger partial charge in [-0.05, 0) is 60.9 Å². The normalized spacial score (nSPS) is 18.5. The smallest absolute Gasteiger partial charge is 0.274 e. The van der Waals surface area contributed by atoms with Crippen LogP contribution in [0.4, 0.5) is 4.39 Å². The molecule has 7 rings (SSSR count). The number of H-pyrrole nitrogens is 1. The van der Waals surface area contributed by atoms with Crippen LogP contribution in [0.5, 0.6) is 0 Å². The molecule has 35 heavy (non-hydrogen) atoms. The lowest BCUT2D eigenvalue weighted by molar-refractivity contribution is 0.0749. The Hall–Kier alpha value is -3.52. The number of carbonyl (C=O) groups excluding carboxylic acids is 1. The number of ether oxygens (including phenoxy) is 1. The average Bonchev–Trinajstić information content (AvgIpc) is 3.45. The molecule has 2 fully saturated rings. The topological polar surface area (TPSA) is 79.7 Å². The summed E-state index contributed by atoms with van der Waals surface area (Å²) in [5.41, 5.74) is 4.81. The van der Waals surface area contributed by atoms with Gasteiger partial charge in [-0.3, -0.25) is 14.0 Å². The summed E-state index contributed by atoms with van der Waals surface area (Å²) in [7, 11) is 0. The van der Waals surface area contributed by atoms with Crippen LogP contribution in [0.15, 0.2) is 41.3 Å². The molecule has 0 radical (unpaired) electrons. The second-order valence-electron chi connectivity index (χ2n) is 9.95. The zero-order valence-electron chi connectivity index (χ0n) is 19.2. The summed E-state index contributed by atoms with van der Waals surface area (Å²) in [4.78, 5) is 36.0. The highest BCUT2D eigenvalue weighted by Gasteiger charge is 2.33. The lowest BCUT2D eigenvalue weighted by atomic mass is 9.98.